The number of unbranched alkanes of at least 4 members (excludes halogenated alkanes) is 13. The lowest BCUT2D eigenvalue weighted by atomic mass is 9.86. The summed E-state index contributed by atoms with van der Waals surface area (Å²) in [6.07, 6.45) is 22.3. The molecular weight excluding hydrogens is 424 g/mol. The summed E-state index contributed by atoms with van der Waals surface area (Å²) in [6.45, 7) is 10.1. The van der Waals surface area contributed by atoms with E-state index in [-0.39, 0.29) is 11.9 Å². The number of ether oxygens (including phenoxy) is 2. The summed E-state index contributed by atoms with van der Waals surface area (Å²) in [7, 11) is 0. The van der Waals surface area contributed by atoms with Crippen molar-refractivity contribution in [2.75, 3.05) is 13.2 Å². The zero-order chi connectivity index (χ0) is 25.3. The molecule has 0 fully saturated rings. The second-order valence-electron chi connectivity index (χ2n) is 10.5. The third-order valence-corrected chi connectivity index (χ3v) is 6.89. The van der Waals surface area contributed by atoms with E-state index in [9.17, 15) is 9.59 Å². The van der Waals surface area contributed by atoms with Crippen LogP contribution in [0.25, 0.3) is 0 Å². The first-order chi connectivity index (χ1) is 16.5. The van der Waals surface area contributed by atoms with Gasteiger partial charge in [0, 0.05) is 12.8 Å². The zero-order valence-corrected chi connectivity index (χ0v) is 23.3. The van der Waals surface area contributed by atoms with Crippen molar-refractivity contribution in [2.24, 2.45) is 11.8 Å². The Labute approximate surface area is 212 Å². The van der Waals surface area contributed by atoms with Gasteiger partial charge in [0.2, 0.25) is 0 Å². The van der Waals surface area contributed by atoms with Crippen molar-refractivity contribution in [2.45, 2.75) is 156 Å². The molecule has 0 aliphatic heterocycles. The smallest absolute Gasteiger partial charge is 0.305 e. The van der Waals surface area contributed by atoms with Crippen LogP contribution >= 0.6 is 0 Å². The van der Waals surface area contributed by atoms with E-state index in [2.05, 4.69) is 27.7 Å². The number of hydrogen-bond acceptors (Lipinski definition) is 4. The SMILES string of the molecule is CCCCCCOC(=O)CCCCCCCCCCC(CCC(=O)OCCCCCC)C(C)C. The predicted octanol–water partition coefficient (Wildman–Crippen LogP) is 9.19. The molecule has 202 valence electrons. The first-order valence-corrected chi connectivity index (χ1v) is 14.8. The van der Waals surface area contributed by atoms with Gasteiger partial charge in [0.05, 0.1) is 13.2 Å². The third-order valence-electron chi connectivity index (χ3n) is 6.89. The van der Waals surface area contributed by atoms with Gasteiger partial charge in [-0.2, -0.15) is 0 Å². The minimum absolute atomic E-state index is 0.0117. The van der Waals surface area contributed by atoms with Crippen LogP contribution in [0.4, 0.5) is 0 Å². The lowest BCUT2D eigenvalue weighted by Crippen LogP contribution is -2.13. The highest BCUT2D eigenvalue weighted by Crippen LogP contribution is 2.24. The quantitative estimate of drug-likeness (QED) is 0.0961. The molecule has 1 unspecified atom stereocenters. The summed E-state index contributed by atoms with van der Waals surface area (Å²) < 4.78 is 10.7. The van der Waals surface area contributed by atoms with Crippen LogP contribution in [0.3, 0.4) is 0 Å². The van der Waals surface area contributed by atoms with Gasteiger partial charge in [-0.1, -0.05) is 118 Å². The Hall–Kier alpha value is -1.06. The molecule has 0 aromatic rings. The molecule has 0 aliphatic carbocycles. The monoisotopic (exact) mass is 482 g/mol. The van der Waals surface area contributed by atoms with Crippen molar-refractivity contribution >= 4 is 11.9 Å². The number of carbonyl (C=O) groups excluding carboxylic acids is 2. The van der Waals surface area contributed by atoms with Crippen molar-refractivity contribution in [3.05, 3.63) is 0 Å². The van der Waals surface area contributed by atoms with Crippen LogP contribution in [0.2, 0.25) is 0 Å². The average Bonchev–Trinajstić information content (AvgIpc) is 2.81. The summed E-state index contributed by atoms with van der Waals surface area (Å²) in [5.41, 5.74) is 0. The molecule has 0 aromatic carbocycles. The van der Waals surface area contributed by atoms with Crippen molar-refractivity contribution < 1.29 is 19.1 Å². The van der Waals surface area contributed by atoms with Crippen LogP contribution in [0, 0.1) is 11.8 Å². The molecule has 0 saturated carbocycles. The van der Waals surface area contributed by atoms with Gasteiger partial charge in [0.25, 0.3) is 0 Å². The second kappa shape index (κ2) is 25.0. The van der Waals surface area contributed by atoms with Gasteiger partial charge in [0.15, 0.2) is 0 Å². The third kappa shape index (κ3) is 22.7. The molecule has 0 spiro atoms. The van der Waals surface area contributed by atoms with E-state index in [0.29, 0.717) is 37.9 Å². The summed E-state index contributed by atoms with van der Waals surface area (Å²) in [5.74, 6) is 1.22. The van der Waals surface area contributed by atoms with Crippen LogP contribution in [0.1, 0.15) is 156 Å². The summed E-state index contributed by atoms with van der Waals surface area (Å²) in [6, 6.07) is 0. The van der Waals surface area contributed by atoms with Gasteiger partial charge in [-0.15, -0.1) is 0 Å². The Balaban J connectivity index is 3.58. The Bertz CT molecular complexity index is 461. The molecule has 0 radical (unpaired) electrons. The van der Waals surface area contributed by atoms with E-state index >= 15 is 0 Å². The Morgan fingerprint density at radius 2 is 0.971 bits per heavy atom. The largest absolute Gasteiger partial charge is 0.466 e. The molecule has 4 heteroatoms. The second-order valence-corrected chi connectivity index (χ2v) is 10.5. The van der Waals surface area contributed by atoms with Gasteiger partial charge in [0.1, 0.15) is 0 Å². The molecule has 34 heavy (non-hydrogen) atoms. The van der Waals surface area contributed by atoms with Crippen molar-refractivity contribution in [1.29, 1.82) is 0 Å². The molecule has 0 rings (SSSR count). The molecule has 0 aromatic heterocycles. The lowest BCUT2D eigenvalue weighted by Gasteiger charge is -2.20. The predicted molar refractivity (Wildman–Crippen MR) is 144 cm³/mol. The highest BCUT2D eigenvalue weighted by atomic mass is 16.5. The van der Waals surface area contributed by atoms with Gasteiger partial charge >= 0.3 is 11.9 Å². The number of esters is 2. The van der Waals surface area contributed by atoms with Crippen molar-refractivity contribution in [3.8, 4) is 0 Å². The van der Waals surface area contributed by atoms with Crippen molar-refractivity contribution in [3.63, 3.8) is 0 Å². The van der Waals surface area contributed by atoms with Crippen LogP contribution < -0.4 is 0 Å². The maximum Gasteiger partial charge on any atom is 0.305 e. The first kappa shape index (κ1) is 32.9. The zero-order valence-electron chi connectivity index (χ0n) is 23.3. The molecule has 0 aliphatic rings. The minimum atomic E-state index is -0.0172. The molecule has 0 amide bonds. The van der Waals surface area contributed by atoms with E-state index < -0.39 is 0 Å². The lowest BCUT2D eigenvalue weighted by molar-refractivity contribution is -0.145. The van der Waals surface area contributed by atoms with E-state index in [1.54, 1.807) is 0 Å². The van der Waals surface area contributed by atoms with Crippen LogP contribution in [-0.2, 0) is 19.1 Å². The molecule has 0 N–H and O–H groups in total. The number of carbonyl (C=O) groups is 2. The summed E-state index contributed by atoms with van der Waals surface area (Å²) >= 11 is 0. The summed E-state index contributed by atoms with van der Waals surface area (Å²) in [5, 5.41) is 0. The van der Waals surface area contributed by atoms with Crippen LogP contribution in [-0.4, -0.2) is 25.2 Å². The van der Waals surface area contributed by atoms with E-state index in [0.717, 1.165) is 44.9 Å². The van der Waals surface area contributed by atoms with Crippen LogP contribution in [0.5, 0.6) is 0 Å². The topological polar surface area (TPSA) is 52.6 Å². The Morgan fingerprint density at radius 1 is 0.529 bits per heavy atom. The van der Waals surface area contributed by atoms with E-state index in [1.165, 1.54) is 70.6 Å². The average molecular weight is 483 g/mol. The number of rotatable bonds is 25. The van der Waals surface area contributed by atoms with Gasteiger partial charge in [-0.05, 0) is 37.5 Å². The van der Waals surface area contributed by atoms with Crippen LogP contribution in [0.15, 0.2) is 0 Å². The molecule has 0 bridgehead atoms. The molecule has 4 nitrogen and oxygen atoms in total. The highest BCUT2D eigenvalue weighted by Gasteiger charge is 2.15. The van der Waals surface area contributed by atoms with Gasteiger partial charge < -0.3 is 9.47 Å². The van der Waals surface area contributed by atoms with E-state index in [4.69, 9.17) is 9.47 Å². The fourth-order valence-corrected chi connectivity index (χ4v) is 4.42. The normalized spacial score (nSPS) is 12.1. The standard InChI is InChI=1S/C30H58O4/c1-5-7-9-19-25-33-29(31)22-18-16-14-12-11-13-15-17-21-28(27(3)4)23-24-30(32)34-26-20-10-8-6-2/h27-28H,5-26H2,1-4H3. The summed E-state index contributed by atoms with van der Waals surface area (Å²) in [4.78, 5) is 23.7. The Kier molecular flexibility index (Phi) is 24.3. The number of hydrogen-bond donors (Lipinski definition) is 0. The van der Waals surface area contributed by atoms with E-state index in [1.807, 2.05) is 0 Å². The van der Waals surface area contributed by atoms with Crippen molar-refractivity contribution in [1.82, 2.24) is 0 Å². The molecule has 0 heterocycles. The molecule has 1 atom stereocenters. The molecule has 0 saturated heterocycles. The minimum Gasteiger partial charge on any atom is -0.466 e. The molecular formula is C30H58O4. The fraction of sp³-hybridized carbons (Fsp3) is 0.933. The fourth-order valence-electron chi connectivity index (χ4n) is 4.42. The highest BCUT2D eigenvalue weighted by molar-refractivity contribution is 5.69. The van der Waals surface area contributed by atoms with Gasteiger partial charge in [-0.3, -0.25) is 9.59 Å². The maximum absolute atomic E-state index is 12.0. The Morgan fingerprint density at radius 3 is 1.47 bits per heavy atom. The maximum atomic E-state index is 12.0. The first-order valence-electron chi connectivity index (χ1n) is 14.8. The van der Waals surface area contributed by atoms with Gasteiger partial charge in [-0.25, -0.2) is 0 Å².